The third-order valence-corrected chi connectivity index (χ3v) is 3.75. The predicted octanol–water partition coefficient (Wildman–Crippen LogP) is 4.79. The fourth-order valence-corrected chi connectivity index (χ4v) is 2.73. The highest BCUT2D eigenvalue weighted by molar-refractivity contribution is 5.67. The van der Waals surface area contributed by atoms with Crippen LogP contribution in [0.3, 0.4) is 0 Å². The van der Waals surface area contributed by atoms with E-state index in [-0.39, 0.29) is 12.3 Å². The van der Waals surface area contributed by atoms with E-state index >= 15 is 0 Å². The molecule has 0 spiro atoms. The van der Waals surface area contributed by atoms with Crippen molar-refractivity contribution in [2.45, 2.75) is 32.6 Å². The Morgan fingerprint density at radius 2 is 1.62 bits per heavy atom. The first-order valence-electron chi connectivity index (χ1n) is 7.55. The summed E-state index contributed by atoms with van der Waals surface area (Å²) in [6.45, 7) is 2.10. The van der Waals surface area contributed by atoms with Gasteiger partial charge in [-0.05, 0) is 35.4 Å². The molecule has 0 saturated heterocycles. The van der Waals surface area contributed by atoms with E-state index < -0.39 is 5.97 Å². The number of carbonyl (C=O) groups is 1. The molecule has 2 aromatic rings. The van der Waals surface area contributed by atoms with Crippen LogP contribution in [0.4, 0.5) is 0 Å². The molecular weight excluding hydrogens is 260 g/mol. The second kappa shape index (κ2) is 7.63. The Bertz CT molecular complexity index is 558. The summed E-state index contributed by atoms with van der Waals surface area (Å²) in [6, 6.07) is 18.8. The summed E-state index contributed by atoms with van der Waals surface area (Å²) in [4.78, 5) is 10.9. The summed E-state index contributed by atoms with van der Waals surface area (Å²) in [7, 11) is 0. The zero-order valence-corrected chi connectivity index (χ0v) is 12.5. The van der Waals surface area contributed by atoms with Gasteiger partial charge < -0.3 is 5.11 Å². The van der Waals surface area contributed by atoms with Crippen molar-refractivity contribution in [1.82, 2.24) is 0 Å². The van der Waals surface area contributed by atoms with Crippen LogP contribution < -0.4 is 0 Å². The molecular formula is C19H22O2. The molecule has 0 aromatic heterocycles. The minimum atomic E-state index is -0.700. The zero-order chi connectivity index (χ0) is 15.1. The molecule has 2 aromatic carbocycles. The molecule has 0 aliphatic rings. The van der Waals surface area contributed by atoms with Crippen LogP contribution in [0, 0.1) is 5.92 Å². The molecule has 0 aliphatic carbocycles. The Morgan fingerprint density at radius 3 is 2.19 bits per heavy atom. The molecule has 0 radical (unpaired) electrons. The molecule has 0 fully saturated rings. The fraction of sp³-hybridized carbons (Fsp3) is 0.316. The zero-order valence-electron chi connectivity index (χ0n) is 12.5. The van der Waals surface area contributed by atoms with Crippen molar-refractivity contribution in [2.24, 2.45) is 5.92 Å². The highest BCUT2D eigenvalue weighted by Gasteiger charge is 2.13. The van der Waals surface area contributed by atoms with Gasteiger partial charge in [0.25, 0.3) is 0 Å². The molecule has 0 saturated carbocycles. The lowest BCUT2D eigenvalue weighted by atomic mass is 9.91. The summed E-state index contributed by atoms with van der Waals surface area (Å²) in [6.07, 6.45) is 3.09. The fourth-order valence-electron chi connectivity index (χ4n) is 2.73. The van der Waals surface area contributed by atoms with Gasteiger partial charge in [-0.2, -0.15) is 0 Å². The van der Waals surface area contributed by atoms with Gasteiger partial charge in [-0.15, -0.1) is 0 Å². The Labute approximate surface area is 126 Å². The van der Waals surface area contributed by atoms with Gasteiger partial charge in [0.1, 0.15) is 0 Å². The number of hydrogen-bond acceptors (Lipinski definition) is 1. The molecule has 2 rings (SSSR count). The molecule has 1 N–H and O–H groups in total. The molecule has 110 valence electrons. The van der Waals surface area contributed by atoms with E-state index in [2.05, 4.69) is 43.3 Å². The molecule has 1 atom stereocenters. The van der Waals surface area contributed by atoms with Crippen LogP contribution in [0.1, 0.15) is 31.7 Å². The van der Waals surface area contributed by atoms with Gasteiger partial charge in [0.15, 0.2) is 0 Å². The van der Waals surface area contributed by atoms with E-state index in [4.69, 9.17) is 5.11 Å². The van der Waals surface area contributed by atoms with Crippen molar-refractivity contribution in [3.05, 3.63) is 60.2 Å². The Morgan fingerprint density at radius 1 is 1.00 bits per heavy atom. The Balaban J connectivity index is 2.06. The average molecular weight is 282 g/mol. The normalized spacial score (nSPS) is 12.0. The number of benzene rings is 2. The van der Waals surface area contributed by atoms with E-state index in [0.717, 1.165) is 19.3 Å². The number of aliphatic carboxylic acids is 1. The highest BCUT2D eigenvalue weighted by atomic mass is 16.4. The standard InChI is InChI=1S/C19H22O2/c1-2-6-16(14-19(20)21)13-15-9-11-18(12-10-15)17-7-4-3-5-8-17/h3-5,7-12,16H,2,6,13-14H2,1H3,(H,20,21). The van der Waals surface area contributed by atoms with Gasteiger partial charge in [-0.3, -0.25) is 4.79 Å². The van der Waals surface area contributed by atoms with Gasteiger partial charge in [-0.25, -0.2) is 0 Å². The molecule has 0 amide bonds. The quantitative estimate of drug-likeness (QED) is 0.793. The highest BCUT2D eigenvalue weighted by Crippen LogP contribution is 2.22. The van der Waals surface area contributed by atoms with Crippen LogP contribution in [-0.2, 0) is 11.2 Å². The average Bonchev–Trinajstić information content (AvgIpc) is 2.48. The van der Waals surface area contributed by atoms with Crippen molar-refractivity contribution >= 4 is 5.97 Å². The second-order valence-corrected chi connectivity index (χ2v) is 5.52. The van der Waals surface area contributed by atoms with Crippen LogP contribution in [0.25, 0.3) is 11.1 Å². The molecule has 0 heterocycles. The molecule has 2 nitrogen and oxygen atoms in total. The third kappa shape index (κ3) is 4.75. The van der Waals surface area contributed by atoms with E-state index in [9.17, 15) is 4.79 Å². The largest absolute Gasteiger partial charge is 0.481 e. The van der Waals surface area contributed by atoms with Crippen LogP contribution in [-0.4, -0.2) is 11.1 Å². The monoisotopic (exact) mass is 282 g/mol. The van der Waals surface area contributed by atoms with E-state index in [0.29, 0.717) is 0 Å². The lowest BCUT2D eigenvalue weighted by Gasteiger charge is -2.14. The minimum Gasteiger partial charge on any atom is -0.481 e. The molecule has 2 heteroatoms. The molecule has 0 bridgehead atoms. The van der Waals surface area contributed by atoms with Gasteiger partial charge in [0.05, 0.1) is 0 Å². The Kier molecular flexibility index (Phi) is 5.56. The first-order valence-corrected chi connectivity index (χ1v) is 7.55. The van der Waals surface area contributed by atoms with Crippen LogP contribution in [0.2, 0.25) is 0 Å². The van der Waals surface area contributed by atoms with Gasteiger partial charge >= 0.3 is 5.97 Å². The lowest BCUT2D eigenvalue weighted by molar-refractivity contribution is -0.138. The number of carboxylic acid groups (broad SMARTS) is 1. The van der Waals surface area contributed by atoms with E-state index in [1.165, 1.54) is 16.7 Å². The van der Waals surface area contributed by atoms with Gasteiger partial charge in [0, 0.05) is 6.42 Å². The lowest BCUT2D eigenvalue weighted by Crippen LogP contribution is -2.10. The van der Waals surface area contributed by atoms with E-state index in [1.807, 2.05) is 18.2 Å². The van der Waals surface area contributed by atoms with Crippen molar-refractivity contribution in [3.63, 3.8) is 0 Å². The smallest absolute Gasteiger partial charge is 0.303 e. The summed E-state index contributed by atoms with van der Waals surface area (Å²) in [5.41, 5.74) is 3.62. The maximum Gasteiger partial charge on any atom is 0.303 e. The first kappa shape index (κ1) is 15.3. The van der Waals surface area contributed by atoms with Crippen LogP contribution in [0.5, 0.6) is 0 Å². The predicted molar refractivity (Wildman–Crippen MR) is 86.2 cm³/mol. The minimum absolute atomic E-state index is 0.232. The number of carboxylic acids is 1. The topological polar surface area (TPSA) is 37.3 Å². The van der Waals surface area contributed by atoms with Crippen LogP contribution in [0.15, 0.2) is 54.6 Å². The molecule has 21 heavy (non-hydrogen) atoms. The SMILES string of the molecule is CCCC(CC(=O)O)Cc1ccc(-c2ccccc2)cc1. The van der Waals surface area contributed by atoms with Gasteiger partial charge in [0.2, 0.25) is 0 Å². The van der Waals surface area contributed by atoms with Crippen molar-refractivity contribution < 1.29 is 9.90 Å². The Hall–Kier alpha value is -2.09. The summed E-state index contributed by atoms with van der Waals surface area (Å²) in [5, 5.41) is 8.98. The van der Waals surface area contributed by atoms with Crippen LogP contribution >= 0.6 is 0 Å². The summed E-state index contributed by atoms with van der Waals surface area (Å²) >= 11 is 0. The first-order chi connectivity index (χ1) is 10.2. The maximum absolute atomic E-state index is 10.9. The molecule has 1 unspecified atom stereocenters. The van der Waals surface area contributed by atoms with E-state index in [1.54, 1.807) is 0 Å². The summed E-state index contributed by atoms with van der Waals surface area (Å²) < 4.78 is 0. The van der Waals surface area contributed by atoms with Crippen molar-refractivity contribution in [2.75, 3.05) is 0 Å². The number of hydrogen-bond donors (Lipinski definition) is 1. The molecule has 0 aliphatic heterocycles. The number of rotatable bonds is 7. The van der Waals surface area contributed by atoms with Crippen molar-refractivity contribution in [1.29, 1.82) is 0 Å². The second-order valence-electron chi connectivity index (χ2n) is 5.52. The van der Waals surface area contributed by atoms with Crippen molar-refractivity contribution in [3.8, 4) is 11.1 Å². The summed E-state index contributed by atoms with van der Waals surface area (Å²) in [5.74, 6) is -0.468. The third-order valence-electron chi connectivity index (χ3n) is 3.75. The van der Waals surface area contributed by atoms with Gasteiger partial charge in [-0.1, -0.05) is 67.9 Å². The maximum atomic E-state index is 10.9.